The van der Waals surface area contributed by atoms with Crippen molar-refractivity contribution in [2.75, 3.05) is 26.4 Å². The van der Waals surface area contributed by atoms with E-state index in [9.17, 15) is 70.8 Å². The third-order valence-electron chi connectivity index (χ3n) is 16.6. The molecule has 0 saturated carbocycles. The Morgan fingerprint density at radius 1 is 0.369 bits per heavy atom. The molecule has 10 rings (SSSR count). The molecule has 5 aromatic heterocycles. The molecule has 0 radical (unpaired) electrons. The smallest absolute Gasteiger partial charge is 0.352 e. The number of rotatable bonds is 29. The highest BCUT2D eigenvalue weighted by Gasteiger charge is 2.50. The van der Waals surface area contributed by atoms with Gasteiger partial charge in [-0.25, -0.2) is 46.8 Å². The van der Waals surface area contributed by atoms with Crippen LogP contribution in [0.2, 0.25) is 0 Å². The zero-order valence-electron chi connectivity index (χ0n) is 55.4. The van der Waals surface area contributed by atoms with E-state index >= 15 is 0 Å². The van der Waals surface area contributed by atoms with Gasteiger partial charge in [0.1, 0.15) is 80.0 Å². The van der Waals surface area contributed by atoms with Crippen LogP contribution < -0.4 is 56.2 Å². The van der Waals surface area contributed by atoms with Gasteiger partial charge in [-0.3, -0.25) is 117 Å². The Hall–Kier alpha value is -4.30. The van der Waals surface area contributed by atoms with Gasteiger partial charge in [-0.15, -0.1) is 0 Å². The number of H-pyrrole nitrogens is 5. The van der Waals surface area contributed by atoms with Crippen LogP contribution in [0.5, 0.6) is 0 Å². The number of ether oxygens (including phenoxy) is 5. The first-order valence-electron chi connectivity index (χ1n) is 31.2. The van der Waals surface area contributed by atoms with Crippen molar-refractivity contribution in [2.24, 2.45) is 0 Å². The van der Waals surface area contributed by atoms with Gasteiger partial charge >= 0.3 is 62.4 Å². The van der Waals surface area contributed by atoms with Crippen molar-refractivity contribution in [1.29, 1.82) is 0 Å². The summed E-state index contributed by atoms with van der Waals surface area (Å²) in [6.07, 6.45) is -15.5. The van der Waals surface area contributed by atoms with Crippen molar-refractivity contribution >= 4 is 95.2 Å². The summed E-state index contributed by atoms with van der Waals surface area (Å²) in [7, 11) is 0. The van der Waals surface area contributed by atoms with E-state index in [1.807, 2.05) is 0 Å². The standard InChI is InChI=1S/C53H73N10O30P5S5/c1-23(2)88-98(78,103)93-34-13-43(63-18-28(7)48(68)58-53(63)73)87-38(34)22-82-97(77,102)92-33-12-42(62-17-27(6)47(67)57-52(62)72)86-37(33)21-81-96(76,101)91-32-11-41(61-16-26(5)46(66)56-51(61)71)85-36(32)20-80-95(75,100)90-31-10-40(60-15-25(4)45(65)55-50(60)70)84-35(31)19-79-94(74,99)89-30-9-39(83-29(30)8)59-14-24(3)44(64)54-49(59)69/h14-18,23,29-43H,9-13,19-22H2,1-8H3,(H,74,99)(H,75,100)(H,76,101)(H,77,102)(H,78,103)(H,54,64,69)(H,55,65,70)(H,56,66,71)(H,57,67,72)(H,58,68,73)/t29-,30+,31+,32+,33+,34+,35-,36-,37-,38-,39-,40-,41-,42-,43-,94-,95-,96-,97-,98-/m1/s1. The summed E-state index contributed by atoms with van der Waals surface area (Å²) in [5, 5.41) is 0. The van der Waals surface area contributed by atoms with Gasteiger partial charge in [0.2, 0.25) is 0 Å². The summed E-state index contributed by atoms with van der Waals surface area (Å²) in [6, 6.07) is 0. The molecular weight excluding hydrogens is 1570 g/mol. The highest BCUT2D eigenvalue weighted by atomic mass is 32.7. The number of nitrogens with one attached hydrogen (secondary N) is 5. The molecule has 5 aromatic rings. The van der Waals surface area contributed by atoms with Crippen LogP contribution in [0.25, 0.3) is 0 Å². The van der Waals surface area contributed by atoms with Gasteiger partial charge < -0.3 is 23.7 Å². The quantitative estimate of drug-likeness (QED) is 0.0235. The number of hydrogen-bond acceptors (Lipinski definition) is 30. The van der Waals surface area contributed by atoms with E-state index in [1.54, 1.807) is 20.8 Å². The van der Waals surface area contributed by atoms with Gasteiger partial charge in [-0.2, -0.15) is 0 Å². The lowest BCUT2D eigenvalue weighted by atomic mass is 10.2. The molecule has 103 heavy (non-hydrogen) atoms. The molecule has 0 unspecified atom stereocenters. The lowest BCUT2D eigenvalue weighted by Crippen LogP contribution is -2.33. The molecule has 0 spiro atoms. The maximum Gasteiger partial charge on any atom is 0.386 e. The molecule has 5 saturated heterocycles. The summed E-state index contributed by atoms with van der Waals surface area (Å²) in [4.78, 5) is 138. The highest BCUT2D eigenvalue weighted by molar-refractivity contribution is 8.45. The molecule has 50 heteroatoms. The minimum absolute atomic E-state index is 0.0488. The molecule has 5 aliphatic rings. The maximum atomic E-state index is 14.6. The second-order valence-corrected chi connectivity index (χ2v) is 39.1. The molecule has 40 nitrogen and oxygen atoms in total. The molecule has 570 valence electrons. The van der Waals surface area contributed by atoms with Gasteiger partial charge in [0, 0.05) is 90.9 Å². The highest BCUT2D eigenvalue weighted by Crippen LogP contribution is 2.62. The zero-order valence-corrected chi connectivity index (χ0v) is 64.4. The predicted octanol–water partition coefficient (Wildman–Crippen LogP) is 4.34. The summed E-state index contributed by atoms with van der Waals surface area (Å²) in [5.74, 6) is 0. The first kappa shape index (κ1) is 81.2. The summed E-state index contributed by atoms with van der Waals surface area (Å²) < 4.78 is 164. The normalized spacial score (nSPS) is 29.6. The molecule has 0 aromatic carbocycles. The van der Waals surface area contributed by atoms with Gasteiger partial charge in [-0.05, 0) is 55.4 Å². The van der Waals surface area contributed by atoms with Crippen LogP contribution in [-0.4, -0.2) is 141 Å². The van der Waals surface area contributed by atoms with E-state index in [0.717, 1.165) is 29.0 Å². The number of aryl methyl sites for hydroxylation is 5. The van der Waals surface area contributed by atoms with E-state index in [1.165, 1.54) is 59.4 Å². The van der Waals surface area contributed by atoms with Crippen LogP contribution in [0, 0.1) is 34.6 Å². The second kappa shape index (κ2) is 32.5. The fourth-order valence-corrected chi connectivity index (χ4v) is 19.8. The van der Waals surface area contributed by atoms with Crippen LogP contribution in [0.1, 0.15) is 112 Å². The zero-order chi connectivity index (χ0) is 75.3. The molecule has 10 heterocycles. The number of aromatic nitrogens is 10. The van der Waals surface area contributed by atoms with Crippen LogP contribution in [0.4, 0.5) is 0 Å². The Morgan fingerprint density at radius 3 is 0.806 bits per heavy atom. The van der Waals surface area contributed by atoms with Crippen LogP contribution in [-0.2, 0) is 91.7 Å². The fraction of sp³-hybridized carbons (Fsp3) is 0.623. The summed E-state index contributed by atoms with van der Waals surface area (Å²) in [6.45, 7) is -14.2. The van der Waals surface area contributed by atoms with Crippen molar-refractivity contribution in [3.05, 3.63) is 163 Å². The number of thiol groups is 5. The second-order valence-electron chi connectivity index (χ2n) is 24.8. The van der Waals surface area contributed by atoms with Crippen LogP contribution in [0.3, 0.4) is 0 Å². The monoisotopic (exact) mass is 1640 g/mol. The van der Waals surface area contributed by atoms with Crippen LogP contribution >= 0.6 is 95.2 Å². The number of nitrogens with zero attached hydrogens (tertiary/aromatic N) is 5. The molecular formula is C53H73N10O30P5S5. The average molecular weight is 1650 g/mol. The topological polar surface area (TPSA) is 498 Å². The van der Waals surface area contributed by atoms with Crippen molar-refractivity contribution in [3.8, 4) is 0 Å². The largest absolute Gasteiger partial charge is 0.386 e. The maximum absolute atomic E-state index is 14.6. The Bertz CT molecular complexity index is 4930. The van der Waals surface area contributed by atoms with Crippen molar-refractivity contribution in [3.63, 3.8) is 0 Å². The summed E-state index contributed by atoms with van der Waals surface area (Å²) in [5.41, 5.74) is -7.42. The first-order valence-corrected chi connectivity index (χ1v) is 44.7. The lowest BCUT2D eigenvalue weighted by Gasteiger charge is -2.27. The van der Waals surface area contributed by atoms with Crippen molar-refractivity contribution < 1.29 is 91.7 Å². The number of aromatic amines is 5. The fourth-order valence-electron chi connectivity index (χ4n) is 11.6. The molecule has 0 bridgehead atoms. The Labute approximate surface area is 606 Å². The van der Waals surface area contributed by atoms with Gasteiger partial charge in [0.15, 0.2) is 0 Å². The Kier molecular flexibility index (Phi) is 25.6. The third-order valence-corrected chi connectivity index (χ3v) is 25.0. The van der Waals surface area contributed by atoms with Gasteiger partial charge in [0.05, 0.1) is 44.7 Å². The number of hydrogen-bond donors (Lipinski definition) is 10. The van der Waals surface area contributed by atoms with E-state index in [4.69, 9.17) is 68.9 Å². The summed E-state index contributed by atoms with van der Waals surface area (Å²) >= 11 is 20.9. The molecule has 0 aliphatic carbocycles. The van der Waals surface area contributed by atoms with Gasteiger partial charge in [0.25, 0.3) is 27.8 Å². The third kappa shape index (κ3) is 20.3. The Morgan fingerprint density at radius 2 is 0.573 bits per heavy atom. The van der Waals surface area contributed by atoms with Gasteiger partial charge in [-0.1, -0.05) is 61.2 Å². The first-order chi connectivity index (χ1) is 48.0. The van der Waals surface area contributed by atoms with E-state index in [0.29, 0.717) is 0 Å². The van der Waals surface area contributed by atoms with E-state index < -0.39 is 221 Å². The lowest BCUT2D eigenvalue weighted by molar-refractivity contribution is -0.0531. The minimum Gasteiger partial charge on any atom is -0.352 e. The molecule has 5 fully saturated rings. The minimum atomic E-state index is -4.82. The predicted molar refractivity (Wildman–Crippen MR) is 376 cm³/mol. The molecule has 5 N–H and O–H groups in total. The van der Waals surface area contributed by atoms with E-state index in [2.05, 4.69) is 86.2 Å². The molecule has 20 atom stereocenters. The van der Waals surface area contributed by atoms with E-state index in [-0.39, 0.29) is 53.5 Å². The molecule has 5 aliphatic heterocycles. The van der Waals surface area contributed by atoms with Crippen molar-refractivity contribution in [2.45, 2.75) is 186 Å². The average Bonchev–Trinajstić information content (AvgIpc) is 1.69. The van der Waals surface area contributed by atoms with Crippen molar-refractivity contribution in [1.82, 2.24) is 47.8 Å². The molecule has 0 amide bonds. The Balaban J connectivity index is 0.847. The SMILES string of the molecule is Cc1cn([C@H]2C[C@H](O[P@](=O)(S)OC[C@H]3O[C@@H](n4cc(C)c(=O)[nH]c4=O)C[C@@H]3O[P@](=O)(S)OC[C@H]3O[C@@H](n4cc(C)c(=O)[nH]c4=O)C[C@@H]3O[P@](=O)(S)OC[C@H]3O[C@@H](n4cc(C)c(=O)[nH]c4=O)C[C@@H]3O[P@](=O)(S)OC[C@H]3O[C@@H](n4cc(C)c(=O)[nH]c4=O)C[C@@H]3O[P@](=O)(S)OC(C)C)[C@@H](C)O2)c(=O)[nH]c1=O. The van der Waals surface area contributed by atoms with Crippen LogP contribution in [0.15, 0.2) is 78.9 Å².